The van der Waals surface area contributed by atoms with Crippen molar-refractivity contribution in [1.29, 1.82) is 0 Å². The molecule has 2 aromatic heterocycles. The van der Waals surface area contributed by atoms with Crippen LogP contribution in [0.1, 0.15) is 18.5 Å². The van der Waals surface area contributed by atoms with Gasteiger partial charge in [0.15, 0.2) is 10.3 Å². The first-order valence-electron chi connectivity index (χ1n) is 8.62. The van der Waals surface area contributed by atoms with Gasteiger partial charge in [-0.3, -0.25) is 14.2 Å². The second kappa shape index (κ2) is 9.05. The molecule has 1 unspecified atom stereocenters. The fourth-order valence-corrected chi connectivity index (χ4v) is 4.03. The van der Waals surface area contributed by atoms with Crippen LogP contribution in [0.15, 0.2) is 34.8 Å². The molecule has 29 heavy (non-hydrogen) atoms. The summed E-state index contributed by atoms with van der Waals surface area (Å²) in [6.07, 6.45) is 0. The molecular weight excluding hydrogens is 412 g/mol. The third kappa shape index (κ3) is 4.93. The van der Waals surface area contributed by atoms with E-state index in [4.69, 9.17) is 5.73 Å². The van der Waals surface area contributed by atoms with E-state index in [0.717, 1.165) is 23.0 Å². The Morgan fingerprint density at radius 1 is 1.31 bits per heavy atom. The number of nitrogens with one attached hydrogen (secondary N) is 1. The molecule has 2 heterocycles. The van der Waals surface area contributed by atoms with Crippen molar-refractivity contribution in [3.05, 3.63) is 35.2 Å². The highest BCUT2D eigenvalue weighted by Crippen LogP contribution is 2.27. The smallest absolute Gasteiger partial charge is 0.316 e. The van der Waals surface area contributed by atoms with Gasteiger partial charge in [-0.15, -0.1) is 21.5 Å². The summed E-state index contributed by atoms with van der Waals surface area (Å²) in [6.45, 7) is 3.69. The quantitative estimate of drug-likeness (QED) is 0.431. The number of anilines is 2. The Labute approximate surface area is 175 Å². The van der Waals surface area contributed by atoms with Crippen molar-refractivity contribution in [1.82, 2.24) is 19.7 Å². The van der Waals surface area contributed by atoms with Gasteiger partial charge in [-0.05, 0) is 13.8 Å². The third-order valence-electron chi connectivity index (χ3n) is 4.09. The number of thiazole rings is 1. The summed E-state index contributed by atoms with van der Waals surface area (Å²) in [5.74, 6) is -0.609. The Hall–Kier alpha value is -2.92. The van der Waals surface area contributed by atoms with Crippen LogP contribution < -0.4 is 11.1 Å². The van der Waals surface area contributed by atoms with Crippen molar-refractivity contribution in [2.75, 3.05) is 23.9 Å². The van der Waals surface area contributed by atoms with Crippen molar-refractivity contribution < 1.29 is 14.3 Å². The van der Waals surface area contributed by atoms with Gasteiger partial charge in [0.1, 0.15) is 6.04 Å². The lowest BCUT2D eigenvalue weighted by molar-refractivity contribution is -0.137. The largest absolute Gasteiger partial charge is 0.468 e. The highest BCUT2D eigenvalue weighted by molar-refractivity contribution is 7.99. The molecule has 1 aromatic carbocycles. The van der Waals surface area contributed by atoms with E-state index in [1.54, 1.807) is 6.92 Å². The monoisotopic (exact) mass is 432 g/mol. The lowest BCUT2D eigenvalue weighted by Crippen LogP contribution is -2.25. The summed E-state index contributed by atoms with van der Waals surface area (Å²) in [7, 11) is 1.30. The van der Waals surface area contributed by atoms with Gasteiger partial charge in [0, 0.05) is 10.9 Å². The molecule has 11 heteroatoms. The molecule has 0 fully saturated rings. The van der Waals surface area contributed by atoms with Gasteiger partial charge in [0.25, 0.3) is 0 Å². The van der Waals surface area contributed by atoms with E-state index < -0.39 is 12.0 Å². The number of aryl methyl sites for hydroxylation is 1. The first-order chi connectivity index (χ1) is 13.9. The van der Waals surface area contributed by atoms with Crippen LogP contribution in [0.25, 0.3) is 11.3 Å². The number of nitrogen functional groups attached to an aromatic ring is 1. The van der Waals surface area contributed by atoms with Gasteiger partial charge in [-0.25, -0.2) is 4.98 Å². The average Bonchev–Trinajstić information content (AvgIpc) is 3.32. The van der Waals surface area contributed by atoms with Gasteiger partial charge in [-0.1, -0.05) is 41.6 Å². The fraction of sp³-hybridized carbons (Fsp3) is 0.278. The van der Waals surface area contributed by atoms with Gasteiger partial charge in [0.05, 0.1) is 18.6 Å². The number of nitrogens with two attached hydrogens (primary N) is 1. The Balaban J connectivity index is 1.71. The molecule has 1 atom stereocenters. The standard InChI is InChI=1S/C18H20N6O3S2/c1-10-4-6-12(7-5-10)13-8-28-17(20-13)21-15(26)11(2)24-16(19)22-23-18(24)29-9-14(25)27-3/h4-8,11H,9H2,1-3H3,(H2,19,22)(H,20,21,26). The molecule has 0 radical (unpaired) electrons. The van der Waals surface area contributed by atoms with Crippen LogP contribution in [-0.4, -0.2) is 44.5 Å². The summed E-state index contributed by atoms with van der Waals surface area (Å²) in [5, 5.41) is 13.3. The molecule has 0 aliphatic carbocycles. The molecular formula is C18H20N6O3S2. The fourth-order valence-electron chi connectivity index (χ4n) is 2.45. The number of ether oxygens (including phenoxy) is 1. The second-order valence-electron chi connectivity index (χ2n) is 6.14. The van der Waals surface area contributed by atoms with Crippen LogP contribution in [-0.2, 0) is 14.3 Å². The average molecular weight is 433 g/mol. The summed E-state index contributed by atoms with van der Waals surface area (Å²) >= 11 is 2.43. The maximum atomic E-state index is 12.7. The van der Waals surface area contributed by atoms with Crippen molar-refractivity contribution in [3.8, 4) is 11.3 Å². The number of amides is 1. The minimum absolute atomic E-state index is 0.0371. The van der Waals surface area contributed by atoms with Gasteiger partial charge in [0.2, 0.25) is 11.9 Å². The highest BCUT2D eigenvalue weighted by Gasteiger charge is 2.23. The molecule has 9 nitrogen and oxygen atoms in total. The zero-order chi connectivity index (χ0) is 21.0. The molecule has 3 rings (SSSR count). The SMILES string of the molecule is COC(=O)CSc1nnc(N)n1C(C)C(=O)Nc1nc(-c2ccc(C)cc2)cs1. The molecule has 0 saturated carbocycles. The number of rotatable bonds is 7. The maximum absolute atomic E-state index is 12.7. The number of esters is 1. The molecule has 0 aliphatic heterocycles. The predicted octanol–water partition coefficient (Wildman–Crippen LogP) is 2.76. The molecule has 3 aromatic rings. The number of hydrogen-bond donors (Lipinski definition) is 2. The summed E-state index contributed by atoms with van der Waals surface area (Å²) in [4.78, 5) is 28.6. The van der Waals surface area contributed by atoms with E-state index in [0.29, 0.717) is 10.3 Å². The number of hydrogen-bond acceptors (Lipinski definition) is 9. The van der Waals surface area contributed by atoms with Crippen LogP contribution in [0.2, 0.25) is 0 Å². The number of benzene rings is 1. The number of nitrogens with zero attached hydrogens (tertiary/aromatic N) is 4. The van der Waals surface area contributed by atoms with Crippen molar-refractivity contribution in [2.45, 2.75) is 25.0 Å². The normalized spacial score (nSPS) is 11.8. The van der Waals surface area contributed by atoms with E-state index in [1.165, 1.54) is 28.6 Å². The predicted molar refractivity (Wildman–Crippen MR) is 113 cm³/mol. The van der Waals surface area contributed by atoms with E-state index in [2.05, 4.69) is 25.2 Å². The van der Waals surface area contributed by atoms with Crippen molar-refractivity contribution >= 4 is 46.1 Å². The van der Waals surface area contributed by atoms with Crippen LogP contribution in [0.3, 0.4) is 0 Å². The second-order valence-corrected chi connectivity index (χ2v) is 7.95. The Bertz CT molecular complexity index is 1020. The minimum Gasteiger partial charge on any atom is -0.468 e. The van der Waals surface area contributed by atoms with E-state index >= 15 is 0 Å². The first-order valence-corrected chi connectivity index (χ1v) is 10.5. The number of carbonyl (C=O) groups is 2. The molecule has 0 bridgehead atoms. The van der Waals surface area contributed by atoms with E-state index in [-0.39, 0.29) is 17.6 Å². The van der Waals surface area contributed by atoms with Crippen LogP contribution >= 0.6 is 23.1 Å². The molecule has 3 N–H and O–H groups in total. The van der Waals surface area contributed by atoms with Gasteiger partial charge in [-0.2, -0.15) is 0 Å². The number of methoxy groups -OCH3 is 1. The third-order valence-corrected chi connectivity index (χ3v) is 5.76. The Morgan fingerprint density at radius 2 is 2.03 bits per heavy atom. The van der Waals surface area contributed by atoms with Crippen LogP contribution in [0, 0.1) is 6.92 Å². The molecule has 1 amide bonds. The number of aromatic nitrogens is 4. The minimum atomic E-state index is -0.697. The van der Waals surface area contributed by atoms with E-state index in [9.17, 15) is 9.59 Å². The lowest BCUT2D eigenvalue weighted by atomic mass is 10.1. The molecule has 0 spiro atoms. The van der Waals surface area contributed by atoms with Crippen LogP contribution in [0.4, 0.5) is 11.1 Å². The van der Waals surface area contributed by atoms with Crippen molar-refractivity contribution in [2.24, 2.45) is 0 Å². The van der Waals surface area contributed by atoms with Gasteiger partial charge >= 0.3 is 5.97 Å². The number of carbonyl (C=O) groups excluding carboxylic acids is 2. The summed E-state index contributed by atoms with van der Waals surface area (Å²) in [6, 6.07) is 7.30. The summed E-state index contributed by atoms with van der Waals surface area (Å²) < 4.78 is 6.09. The number of thioether (sulfide) groups is 1. The summed E-state index contributed by atoms with van der Waals surface area (Å²) in [5.41, 5.74) is 8.80. The molecule has 0 aliphatic rings. The first kappa shape index (κ1) is 20.8. The molecule has 0 saturated heterocycles. The zero-order valence-electron chi connectivity index (χ0n) is 16.1. The Kier molecular flexibility index (Phi) is 6.49. The topological polar surface area (TPSA) is 125 Å². The van der Waals surface area contributed by atoms with Crippen LogP contribution in [0.5, 0.6) is 0 Å². The zero-order valence-corrected chi connectivity index (χ0v) is 17.7. The Morgan fingerprint density at radius 3 is 2.72 bits per heavy atom. The lowest BCUT2D eigenvalue weighted by Gasteiger charge is -2.15. The molecule has 152 valence electrons. The van der Waals surface area contributed by atoms with Crippen molar-refractivity contribution in [3.63, 3.8) is 0 Å². The van der Waals surface area contributed by atoms with Gasteiger partial charge < -0.3 is 15.8 Å². The highest BCUT2D eigenvalue weighted by atomic mass is 32.2. The van der Waals surface area contributed by atoms with E-state index in [1.807, 2.05) is 36.6 Å². The maximum Gasteiger partial charge on any atom is 0.316 e.